The fraction of sp³-hybridized carbons (Fsp3) is 0.250. The molecule has 2 heterocycles. The summed E-state index contributed by atoms with van der Waals surface area (Å²) in [6.45, 7) is 8.14. The van der Waals surface area contributed by atoms with Crippen molar-refractivity contribution in [3.63, 3.8) is 0 Å². The molecule has 0 saturated carbocycles. The van der Waals surface area contributed by atoms with Gasteiger partial charge >= 0.3 is 7.12 Å². The molecule has 0 atom stereocenters. The molecule has 3 aromatic rings. The van der Waals surface area contributed by atoms with E-state index in [2.05, 4.69) is 4.98 Å². The monoisotopic (exact) mass is 385 g/mol. The van der Waals surface area contributed by atoms with E-state index in [0.29, 0.717) is 11.1 Å². The molecular formula is C24H24BNO3. The Morgan fingerprint density at radius 2 is 1.38 bits per heavy atom. The highest BCUT2D eigenvalue weighted by Crippen LogP contribution is 2.36. The molecule has 0 bridgehead atoms. The van der Waals surface area contributed by atoms with Gasteiger partial charge in [-0.1, -0.05) is 60.7 Å². The van der Waals surface area contributed by atoms with E-state index in [-0.39, 0.29) is 17.0 Å². The van der Waals surface area contributed by atoms with Crippen molar-refractivity contribution in [1.29, 1.82) is 0 Å². The first kappa shape index (κ1) is 19.6. The number of rotatable bonds is 4. The molecule has 0 unspecified atom stereocenters. The maximum atomic E-state index is 12.5. The molecule has 0 spiro atoms. The highest BCUT2D eigenvalue weighted by molar-refractivity contribution is 6.62. The summed E-state index contributed by atoms with van der Waals surface area (Å²) in [6.07, 6.45) is 1.79. The molecule has 0 aliphatic carbocycles. The van der Waals surface area contributed by atoms with Gasteiger partial charge in [0.25, 0.3) is 0 Å². The molecule has 2 aromatic carbocycles. The second kappa shape index (κ2) is 7.25. The molecule has 4 nitrogen and oxygen atoms in total. The van der Waals surface area contributed by atoms with E-state index in [4.69, 9.17) is 9.31 Å². The molecule has 1 fully saturated rings. The van der Waals surface area contributed by atoms with Gasteiger partial charge in [0.2, 0.25) is 0 Å². The van der Waals surface area contributed by atoms with Gasteiger partial charge in [-0.2, -0.15) is 0 Å². The summed E-state index contributed by atoms with van der Waals surface area (Å²) in [5.74, 6) is 0.0150. The largest absolute Gasteiger partial charge is 0.496 e. The Morgan fingerprint density at radius 1 is 0.793 bits per heavy atom. The third kappa shape index (κ3) is 3.76. The van der Waals surface area contributed by atoms with E-state index in [9.17, 15) is 4.79 Å². The summed E-state index contributed by atoms with van der Waals surface area (Å²) in [6, 6.07) is 20.8. The van der Waals surface area contributed by atoms with Gasteiger partial charge in [-0.25, -0.2) is 0 Å². The number of carbonyl (C=O) groups is 1. The van der Waals surface area contributed by atoms with Crippen LogP contribution in [0, 0.1) is 0 Å². The molecule has 29 heavy (non-hydrogen) atoms. The van der Waals surface area contributed by atoms with Crippen LogP contribution in [-0.2, 0) is 9.31 Å². The van der Waals surface area contributed by atoms with Crippen LogP contribution in [0.4, 0.5) is 0 Å². The van der Waals surface area contributed by atoms with Crippen molar-refractivity contribution in [2.45, 2.75) is 38.9 Å². The van der Waals surface area contributed by atoms with E-state index in [1.165, 1.54) is 0 Å². The summed E-state index contributed by atoms with van der Waals surface area (Å²) >= 11 is 0. The van der Waals surface area contributed by atoms with Crippen LogP contribution in [0.25, 0.3) is 11.3 Å². The minimum absolute atomic E-state index is 0.0150. The van der Waals surface area contributed by atoms with E-state index in [0.717, 1.165) is 16.7 Å². The summed E-state index contributed by atoms with van der Waals surface area (Å²) < 4.78 is 12.2. The van der Waals surface area contributed by atoms with Gasteiger partial charge in [-0.05, 0) is 33.8 Å². The minimum Gasteiger partial charge on any atom is -0.399 e. The molecule has 1 saturated heterocycles. The van der Waals surface area contributed by atoms with Gasteiger partial charge in [-0.15, -0.1) is 0 Å². The molecule has 4 rings (SSSR count). The SMILES string of the molecule is CC1(C)OB(c2ccc(-c3ccc(C(=O)c4ccccc4)cc3)nc2)OC1(C)C. The first-order valence-electron chi connectivity index (χ1n) is 9.79. The van der Waals surface area contributed by atoms with Crippen molar-refractivity contribution in [3.05, 3.63) is 84.1 Å². The van der Waals surface area contributed by atoms with Crippen LogP contribution in [0.3, 0.4) is 0 Å². The quantitative estimate of drug-likeness (QED) is 0.497. The van der Waals surface area contributed by atoms with Gasteiger partial charge in [-0.3, -0.25) is 9.78 Å². The van der Waals surface area contributed by atoms with Crippen molar-refractivity contribution in [2.75, 3.05) is 0 Å². The number of benzene rings is 2. The van der Waals surface area contributed by atoms with Gasteiger partial charge in [0.1, 0.15) is 0 Å². The average molecular weight is 385 g/mol. The lowest BCUT2D eigenvalue weighted by Crippen LogP contribution is -2.41. The second-order valence-corrected chi connectivity index (χ2v) is 8.34. The van der Waals surface area contributed by atoms with E-state index < -0.39 is 7.12 Å². The number of aromatic nitrogens is 1. The second-order valence-electron chi connectivity index (χ2n) is 8.34. The molecule has 0 N–H and O–H groups in total. The zero-order chi connectivity index (χ0) is 20.6. The van der Waals surface area contributed by atoms with Crippen molar-refractivity contribution in [1.82, 2.24) is 4.98 Å². The van der Waals surface area contributed by atoms with Crippen LogP contribution < -0.4 is 5.46 Å². The van der Waals surface area contributed by atoms with Crippen LogP contribution >= 0.6 is 0 Å². The fourth-order valence-electron chi connectivity index (χ4n) is 3.24. The third-order valence-corrected chi connectivity index (χ3v) is 5.79. The third-order valence-electron chi connectivity index (χ3n) is 5.79. The maximum absolute atomic E-state index is 12.5. The van der Waals surface area contributed by atoms with Crippen molar-refractivity contribution >= 4 is 18.4 Å². The number of nitrogens with zero attached hydrogens (tertiary/aromatic N) is 1. The highest BCUT2D eigenvalue weighted by Gasteiger charge is 2.51. The molecule has 1 aromatic heterocycles. The lowest BCUT2D eigenvalue weighted by molar-refractivity contribution is 0.00578. The summed E-state index contributed by atoms with van der Waals surface area (Å²) in [4.78, 5) is 17.1. The predicted molar refractivity (Wildman–Crippen MR) is 115 cm³/mol. The van der Waals surface area contributed by atoms with E-state index >= 15 is 0 Å². The Labute approximate surface area is 172 Å². The predicted octanol–water partition coefficient (Wildman–Crippen LogP) is 4.28. The fourth-order valence-corrected chi connectivity index (χ4v) is 3.24. The van der Waals surface area contributed by atoms with Gasteiger partial charge in [0, 0.05) is 28.4 Å². The molecule has 1 aliphatic rings. The van der Waals surface area contributed by atoms with Gasteiger partial charge in [0.05, 0.1) is 16.9 Å². The minimum atomic E-state index is -0.424. The van der Waals surface area contributed by atoms with Crippen LogP contribution in [0.1, 0.15) is 43.6 Å². The Bertz CT molecular complexity index is 996. The first-order valence-corrected chi connectivity index (χ1v) is 9.79. The van der Waals surface area contributed by atoms with Crippen molar-refractivity contribution in [2.24, 2.45) is 0 Å². The molecule has 0 radical (unpaired) electrons. The number of hydrogen-bond acceptors (Lipinski definition) is 4. The summed E-state index contributed by atoms with van der Waals surface area (Å²) in [5.41, 5.74) is 3.27. The average Bonchev–Trinajstić information content (AvgIpc) is 2.95. The van der Waals surface area contributed by atoms with Gasteiger partial charge < -0.3 is 9.31 Å². The highest BCUT2D eigenvalue weighted by atomic mass is 16.7. The topological polar surface area (TPSA) is 48.4 Å². The van der Waals surface area contributed by atoms with E-state index in [1.807, 2.05) is 94.4 Å². The Kier molecular flexibility index (Phi) is 4.89. The number of carbonyl (C=O) groups excluding carboxylic acids is 1. The number of pyridine rings is 1. The van der Waals surface area contributed by atoms with Crippen LogP contribution in [0.15, 0.2) is 72.9 Å². The molecule has 5 heteroatoms. The smallest absolute Gasteiger partial charge is 0.399 e. The van der Waals surface area contributed by atoms with Crippen molar-refractivity contribution in [3.8, 4) is 11.3 Å². The molecular weight excluding hydrogens is 361 g/mol. The van der Waals surface area contributed by atoms with Gasteiger partial charge in [0.15, 0.2) is 5.78 Å². The zero-order valence-electron chi connectivity index (χ0n) is 17.2. The zero-order valence-corrected chi connectivity index (χ0v) is 17.2. The lowest BCUT2D eigenvalue weighted by Gasteiger charge is -2.32. The molecule has 0 amide bonds. The lowest BCUT2D eigenvalue weighted by atomic mass is 9.80. The number of hydrogen-bond donors (Lipinski definition) is 0. The Hall–Kier alpha value is -2.76. The Morgan fingerprint density at radius 3 is 1.93 bits per heavy atom. The van der Waals surface area contributed by atoms with Crippen LogP contribution in [-0.4, -0.2) is 29.1 Å². The summed E-state index contributed by atoms with van der Waals surface area (Å²) in [7, 11) is -0.424. The van der Waals surface area contributed by atoms with E-state index in [1.54, 1.807) is 6.20 Å². The normalized spacial score (nSPS) is 17.3. The van der Waals surface area contributed by atoms with Crippen molar-refractivity contribution < 1.29 is 14.1 Å². The summed E-state index contributed by atoms with van der Waals surface area (Å²) in [5, 5.41) is 0. The molecule has 146 valence electrons. The number of ketones is 1. The molecule has 1 aliphatic heterocycles. The van der Waals surface area contributed by atoms with Crippen LogP contribution in [0.2, 0.25) is 0 Å². The standard InChI is InChI=1S/C24H24BNO3/c1-23(2)24(3,4)29-25(28-23)20-14-15-21(26-16-20)17-10-12-19(13-11-17)22(27)18-8-6-5-7-9-18/h5-16H,1-4H3. The van der Waals surface area contributed by atoms with Crippen LogP contribution in [0.5, 0.6) is 0 Å². The maximum Gasteiger partial charge on any atom is 0.496 e. The first-order chi connectivity index (χ1) is 13.8. The Balaban J connectivity index is 1.51.